The molecule has 2 aliphatic heterocycles. The number of ether oxygens (including phenoxy) is 2. The van der Waals surface area contributed by atoms with E-state index in [9.17, 15) is 0 Å². The summed E-state index contributed by atoms with van der Waals surface area (Å²) in [7, 11) is 0. The zero-order chi connectivity index (χ0) is 14.0. The fourth-order valence-corrected chi connectivity index (χ4v) is 2.83. The van der Waals surface area contributed by atoms with Gasteiger partial charge in [-0.05, 0) is 38.8 Å². The van der Waals surface area contributed by atoms with Gasteiger partial charge in [-0.2, -0.15) is 0 Å². The molecule has 0 aliphatic carbocycles. The number of anilines is 2. The molecule has 4 nitrogen and oxygen atoms in total. The van der Waals surface area contributed by atoms with Gasteiger partial charge in [-0.25, -0.2) is 0 Å². The highest BCUT2D eigenvalue weighted by molar-refractivity contribution is 5.70. The Kier molecular flexibility index (Phi) is 3.85. The molecule has 0 spiro atoms. The predicted octanol–water partition coefficient (Wildman–Crippen LogP) is 2.85. The van der Waals surface area contributed by atoms with Crippen LogP contribution in [-0.4, -0.2) is 38.1 Å². The quantitative estimate of drug-likeness (QED) is 0.920. The first kappa shape index (κ1) is 13.7. The summed E-state index contributed by atoms with van der Waals surface area (Å²) in [6, 6.07) is 8.74. The molecular formula is C16H24N2O2. The highest BCUT2D eigenvalue weighted by Gasteiger charge is 2.28. The Morgan fingerprint density at radius 3 is 2.45 bits per heavy atom. The summed E-state index contributed by atoms with van der Waals surface area (Å²) >= 11 is 0. The van der Waals surface area contributed by atoms with Crippen molar-refractivity contribution in [3.63, 3.8) is 0 Å². The molecule has 1 aromatic rings. The molecule has 110 valence electrons. The van der Waals surface area contributed by atoms with E-state index >= 15 is 0 Å². The first-order chi connectivity index (χ1) is 9.64. The van der Waals surface area contributed by atoms with Crippen molar-refractivity contribution in [2.75, 3.05) is 36.5 Å². The van der Waals surface area contributed by atoms with Gasteiger partial charge >= 0.3 is 0 Å². The minimum absolute atomic E-state index is 0.215. The Bertz CT molecular complexity index is 446. The van der Waals surface area contributed by atoms with E-state index in [1.807, 2.05) is 13.8 Å². The summed E-state index contributed by atoms with van der Waals surface area (Å²) in [4.78, 5) is 2.46. The zero-order valence-corrected chi connectivity index (χ0v) is 12.4. The third kappa shape index (κ3) is 3.07. The van der Waals surface area contributed by atoms with Gasteiger partial charge in [0.25, 0.3) is 0 Å². The highest BCUT2D eigenvalue weighted by Crippen LogP contribution is 2.30. The molecule has 0 saturated carbocycles. The SMILES string of the molecule is CC1(C)OCC(Nc2ccccc2N2CCCC2)CO1. The van der Waals surface area contributed by atoms with Gasteiger partial charge in [0.05, 0.1) is 30.6 Å². The van der Waals surface area contributed by atoms with Crippen LogP contribution < -0.4 is 10.2 Å². The van der Waals surface area contributed by atoms with Gasteiger partial charge in [-0.15, -0.1) is 0 Å². The van der Waals surface area contributed by atoms with Crippen molar-refractivity contribution in [2.24, 2.45) is 0 Å². The summed E-state index contributed by atoms with van der Waals surface area (Å²) in [5, 5.41) is 3.57. The van der Waals surface area contributed by atoms with Crippen LogP contribution in [0, 0.1) is 0 Å². The largest absolute Gasteiger partial charge is 0.376 e. The molecule has 2 fully saturated rings. The van der Waals surface area contributed by atoms with Crippen LogP contribution in [0.5, 0.6) is 0 Å². The van der Waals surface area contributed by atoms with Crippen LogP contribution in [0.3, 0.4) is 0 Å². The Balaban J connectivity index is 1.68. The standard InChI is InChI=1S/C16H24N2O2/c1-16(2)19-11-13(12-20-16)17-14-7-3-4-8-15(14)18-9-5-6-10-18/h3-4,7-8,13,17H,5-6,9-12H2,1-2H3. The molecule has 2 saturated heterocycles. The smallest absolute Gasteiger partial charge is 0.162 e. The number of rotatable bonds is 3. The van der Waals surface area contributed by atoms with Gasteiger partial charge in [0.15, 0.2) is 5.79 Å². The summed E-state index contributed by atoms with van der Waals surface area (Å²) in [5.74, 6) is -0.452. The fraction of sp³-hybridized carbons (Fsp3) is 0.625. The number of nitrogens with zero attached hydrogens (tertiary/aromatic N) is 1. The lowest BCUT2D eigenvalue weighted by Gasteiger charge is -2.36. The van der Waals surface area contributed by atoms with Crippen molar-refractivity contribution >= 4 is 11.4 Å². The summed E-state index contributed by atoms with van der Waals surface area (Å²) in [6.45, 7) is 7.60. The molecule has 0 unspecified atom stereocenters. The molecule has 2 heterocycles. The third-order valence-electron chi connectivity index (χ3n) is 3.97. The Labute approximate surface area is 121 Å². The molecule has 0 radical (unpaired) electrons. The van der Waals surface area contributed by atoms with Crippen molar-refractivity contribution in [3.05, 3.63) is 24.3 Å². The van der Waals surface area contributed by atoms with Crippen molar-refractivity contribution in [3.8, 4) is 0 Å². The summed E-state index contributed by atoms with van der Waals surface area (Å²) in [5.41, 5.74) is 2.49. The first-order valence-corrected chi connectivity index (χ1v) is 7.52. The molecular weight excluding hydrogens is 252 g/mol. The Morgan fingerprint density at radius 1 is 1.10 bits per heavy atom. The summed E-state index contributed by atoms with van der Waals surface area (Å²) in [6.07, 6.45) is 2.58. The number of nitrogens with one attached hydrogen (secondary N) is 1. The van der Waals surface area contributed by atoms with Crippen LogP contribution in [0.4, 0.5) is 11.4 Å². The van der Waals surface area contributed by atoms with Crippen LogP contribution >= 0.6 is 0 Å². The van der Waals surface area contributed by atoms with E-state index in [1.54, 1.807) is 0 Å². The Morgan fingerprint density at radius 2 is 1.75 bits per heavy atom. The molecule has 0 aromatic heterocycles. The first-order valence-electron chi connectivity index (χ1n) is 7.52. The number of hydrogen-bond acceptors (Lipinski definition) is 4. The highest BCUT2D eigenvalue weighted by atomic mass is 16.7. The predicted molar refractivity (Wildman–Crippen MR) is 81.3 cm³/mol. The van der Waals surface area contributed by atoms with Gasteiger partial charge in [0.1, 0.15) is 0 Å². The average molecular weight is 276 g/mol. The maximum absolute atomic E-state index is 5.72. The van der Waals surface area contributed by atoms with Crippen LogP contribution in [0.15, 0.2) is 24.3 Å². The molecule has 0 amide bonds. The maximum atomic E-state index is 5.72. The van der Waals surface area contributed by atoms with E-state index in [0.29, 0.717) is 13.2 Å². The molecule has 0 bridgehead atoms. The van der Waals surface area contributed by atoms with Gasteiger partial charge in [-0.1, -0.05) is 12.1 Å². The second-order valence-corrected chi connectivity index (χ2v) is 6.07. The number of hydrogen-bond donors (Lipinski definition) is 1. The van der Waals surface area contributed by atoms with E-state index < -0.39 is 5.79 Å². The number of benzene rings is 1. The van der Waals surface area contributed by atoms with E-state index in [0.717, 1.165) is 13.1 Å². The minimum Gasteiger partial charge on any atom is -0.376 e. The van der Waals surface area contributed by atoms with E-state index in [1.165, 1.54) is 24.2 Å². The van der Waals surface area contributed by atoms with Crippen LogP contribution in [-0.2, 0) is 9.47 Å². The molecule has 0 atom stereocenters. The maximum Gasteiger partial charge on any atom is 0.162 e. The topological polar surface area (TPSA) is 33.7 Å². The van der Waals surface area contributed by atoms with Crippen molar-refractivity contribution in [2.45, 2.75) is 38.5 Å². The lowest BCUT2D eigenvalue weighted by Crippen LogP contribution is -2.45. The van der Waals surface area contributed by atoms with Gasteiger partial charge in [0, 0.05) is 13.1 Å². The van der Waals surface area contributed by atoms with E-state index in [4.69, 9.17) is 9.47 Å². The molecule has 1 N–H and O–H groups in total. The minimum atomic E-state index is -0.452. The van der Waals surface area contributed by atoms with Gasteiger partial charge < -0.3 is 19.7 Å². The average Bonchev–Trinajstić information content (AvgIpc) is 2.96. The lowest BCUT2D eigenvalue weighted by atomic mass is 10.2. The summed E-state index contributed by atoms with van der Waals surface area (Å²) < 4.78 is 11.4. The second kappa shape index (κ2) is 5.62. The molecule has 4 heteroatoms. The molecule has 3 rings (SSSR count). The normalized spacial score (nSPS) is 23.0. The second-order valence-electron chi connectivity index (χ2n) is 6.07. The van der Waals surface area contributed by atoms with Gasteiger partial charge in [-0.3, -0.25) is 0 Å². The third-order valence-corrected chi connectivity index (χ3v) is 3.97. The molecule has 1 aromatic carbocycles. The van der Waals surface area contributed by atoms with Crippen molar-refractivity contribution in [1.29, 1.82) is 0 Å². The van der Waals surface area contributed by atoms with E-state index in [2.05, 4.69) is 34.5 Å². The van der Waals surface area contributed by atoms with Crippen molar-refractivity contribution in [1.82, 2.24) is 0 Å². The number of para-hydroxylation sites is 2. The van der Waals surface area contributed by atoms with Crippen LogP contribution in [0.1, 0.15) is 26.7 Å². The van der Waals surface area contributed by atoms with Crippen LogP contribution in [0.2, 0.25) is 0 Å². The van der Waals surface area contributed by atoms with Crippen molar-refractivity contribution < 1.29 is 9.47 Å². The molecule has 2 aliphatic rings. The van der Waals surface area contributed by atoms with E-state index in [-0.39, 0.29) is 6.04 Å². The Hall–Kier alpha value is -1.26. The van der Waals surface area contributed by atoms with Crippen LogP contribution in [0.25, 0.3) is 0 Å². The van der Waals surface area contributed by atoms with Gasteiger partial charge in [0.2, 0.25) is 0 Å². The zero-order valence-electron chi connectivity index (χ0n) is 12.4. The lowest BCUT2D eigenvalue weighted by molar-refractivity contribution is -0.247. The monoisotopic (exact) mass is 276 g/mol. The fourth-order valence-electron chi connectivity index (χ4n) is 2.83. The molecule has 20 heavy (non-hydrogen) atoms.